The van der Waals surface area contributed by atoms with Gasteiger partial charge in [-0.1, -0.05) is 5.21 Å². The first-order valence-corrected chi connectivity index (χ1v) is 6.40. The lowest BCUT2D eigenvalue weighted by molar-refractivity contribution is -0.136. The van der Waals surface area contributed by atoms with E-state index in [0.29, 0.717) is 6.42 Å². The summed E-state index contributed by atoms with van der Waals surface area (Å²) in [5, 5.41) is 7.28. The molecular weight excluding hydrogens is 240 g/mol. The molecule has 7 heteroatoms. The van der Waals surface area contributed by atoms with E-state index in [1.54, 1.807) is 4.68 Å². The number of likely N-dealkylation sites (tertiary alicyclic amines) is 1. The maximum absolute atomic E-state index is 11.0. The van der Waals surface area contributed by atoms with Crippen LogP contribution in [-0.2, 0) is 16.6 Å². The zero-order valence-corrected chi connectivity index (χ0v) is 11.2. The molecule has 1 aliphatic rings. The molecule has 1 unspecified atom stereocenters. The van der Waals surface area contributed by atoms with E-state index >= 15 is 0 Å². The number of hydrogen-bond acceptors (Lipinski definition) is 5. The Morgan fingerprint density at radius 1 is 1.41 bits per heavy atom. The zero-order chi connectivity index (χ0) is 13.0. The van der Waals surface area contributed by atoms with E-state index in [0.717, 1.165) is 5.69 Å². The Balaban J connectivity index is 0.000000181. The van der Waals surface area contributed by atoms with Gasteiger partial charge in [0.15, 0.2) is 0 Å². The van der Waals surface area contributed by atoms with Crippen LogP contribution in [0, 0.1) is 6.92 Å². The highest BCUT2D eigenvalue weighted by molar-refractivity contribution is 8.00. The molecule has 2 heterocycles. The number of aromatic nitrogens is 3. The second-order valence-corrected chi connectivity index (χ2v) is 4.79. The van der Waals surface area contributed by atoms with E-state index < -0.39 is 0 Å². The molecule has 1 atom stereocenters. The third-order valence-corrected chi connectivity index (χ3v) is 3.28. The number of imide groups is 1. The Hall–Kier alpha value is -1.37. The van der Waals surface area contributed by atoms with Crippen LogP contribution in [0.1, 0.15) is 12.1 Å². The van der Waals surface area contributed by atoms with E-state index in [1.165, 1.54) is 23.7 Å². The summed E-state index contributed by atoms with van der Waals surface area (Å²) in [6.45, 7) is 1.91. The summed E-state index contributed by atoms with van der Waals surface area (Å²) in [5.74, 6) is -0.123. The molecule has 0 spiro atoms. The molecule has 94 valence electrons. The number of hydrogen-bond donors (Lipinski definition) is 0. The first kappa shape index (κ1) is 13.7. The smallest absolute Gasteiger partial charge is 0.242 e. The van der Waals surface area contributed by atoms with Gasteiger partial charge in [-0.15, -0.1) is 5.10 Å². The monoisotopic (exact) mass is 256 g/mol. The van der Waals surface area contributed by atoms with Gasteiger partial charge < -0.3 is 0 Å². The third kappa shape index (κ3) is 3.55. The van der Waals surface area contributed by atoms with E-state index in [1.807, 2.05) is 26.4 Å². The molecule has 1 aliphatic heterocycles. The lowest BCUT2D eigenvalue weighted by atomic mass is 10.4. The van der Waals surface area contributed by atoms with Crippen molar-refractivity contribution >= 4 is 23.6 Å². The quantitative estimate of drug-likeness (QED) is 0.673. The minimum Gasteiger partial charge on any atom is -0.285 e. The normalized spacial score (nSPS) is 19.3. The van der Waals surface area contributed by atoms with Crippen molar-refractivity contribution in [3.8, 4) is 0 Å². The fourth-order valence-corrected chi connectivity index (χ4v) is 2.04. The molecule has 0 saturated carbocycles. The number of amides is 2. The number of nitrogens with zero attached hydrogens (tertiary/aromatic N) is 4. The summed E-state index contributed by atoms with van der Waals surface area (Å²) in [4.78, 5) is 23.1. The maximum Gasteiger partial charge on any atom is 0.242 e. The Kier molecular flexibility index (Phi) is 4.68. The summed E-state index contributed by atoms with van der Waals surface area (Å²) >= 11 is 1.44. The molecule has 1 saturated heterocycles. The van der Waals surface area contributed by atoms with Crippen LogP contribution in [0.2, 0.25) is 0 Å². The standard InChI is InChI=1S/C6H9NO2S.C4H7N3/c1-7-5(8)3-4(10-2)6(7)9;1-4-3-7(2)6-5-4/h4H,3H2,1-2H3;3H,1-2H3. The second-order valence-electron chi connectivity index (χ2n) is 3.75. The number of carbonyl (C=O) groups excluding carboxylic acids is 2. The molecule has 0 radical (unpaired) electrons. The summed E-state index contributed by atoms with van der Waals surface area (Å²) in [7, 11) is 3.38. The molecule has 1 aromatic heterocycles. The van der Waals surface area contributed by atoms with Gasteiger partial charge in [-0.3, -0.25) is 19.2 Å². The first-order valence-electron chi connectivity index (χ1n) is 5.11. The van der Waals surface area contributed by atoms with Crippen LogP contribution in [0.5, 0.6) is 0 Å². The Bertz CT molecular complexity index is 402. The molecule has 2 amide bonds. The number of aryl methyl sites for hydroxylation is 2. The van der Waals surface area contributed by atoms with Crippen LogP contribution in [0.3, 0.4) is 0 Å². The molecule has 1 fully saturated rings. The number of rotatable bonds is 1. The molecule has 1 aromatic rings. The molecule has 2 rings (SSSR count). The van der Waals surface area contributed by atoms with Crippen molar-refractivity contribution < 1.29 is 9.59 Å². The second kappa shape index (κ2) is 5.81. The fourth-order valence-electron chi connectivity index (χ4n) is 1.37. The van der Waals surface area contributed by atoms with Gasteiger partial charge in [0.2, 0.25) is 11.8 Å². The lowest BCUT2D eigenvalue weighted by Crippen LogP contribution is -2.26. The molecule has 0 aliphatic carbocycles. The van der Waals surface area contributed by atoms with Crippen LogP contribution in [-0.4, -0.2) is 50.3 Å². The SMILES string of the molecule is CSC1CC(=O)N(C)C1=O.Cc1cn(C)nn1. The van der Waals surface area contributed by atoms with Crippen LogP contribution in [0.25, 0.3) is 0 Å². The minimum absolute atomic E-state index is 0.0579. The van der Waals surface area contributed by atoms with E-state index in [-0.39, 0.29) is 17.1 Å². The highest BCUT2D eigenvalue weighted by Gasteiger charge is 2.34. The van der Waals surface area contributed by atoms with Crippen molar-refractivity contribution in [2.75, 3.05) is 13.3 Å². The highest BCUT2D eigenvalue weighted by Crippen LogP contribution is 2.21. The average molecular weight is 256 g/mol. The van der Waals surface area contributed by atoms with Gasteiger partial charge in [-0.05, 0) is 13.2 Å². The van der Waals surface area contributed by atoms with E-state index in [9.17, 15) is 9.59 Å². The minimum atomic E-state index is -0.127. The molecule has 0 N–H and O–H groups in total. The molecule has 17 heavy (non-hydrogen) atoms. The van der Waals surface area contributed by atoms with Gasteiger partial charge in [-0.25, -0.2) is 0 Å². The molecule has 0 bridgehead atoms. The van der Waals surface area contributed by atoms with Gasteiger partial charge in [-0.2, -0.15) is 11.8 Å². The van der Waals surface area contributed by atoms with Gasteiger partial charge in [0.25, 0.3) is 0 Å². The number of thioether (sulfide) groups is 1. The summed E-state index contributed by atoms with van der Waals surface area (Å²) < 4.78 is 1.68. The lowest BCUT2D eigenvalue weighted by Gasteiger charge is -2.04. The van der Waals surface area contributed by atoms with Gasteiger partial charge in [0.1, 0.15) is 0 Å². The maximum atomic E-state index is 11.0. The van der Waals surface area contributed by atoms with Crippen molar-refractivity contribution in [3.05, 3.63) is 11.9 Å². The van der Waals surface area contributed by atoms with Crippen molar-refractivity contribution in [1.82, 2.24) is 19.9 Å². The van der Waals surface area contributed by atoms with E-state index in [2.05, 4.69) is 10.3 Å². The van der Waals surface area contributed by atoms with Crippen molar-refractivity contribution in [2.24, 2.45) is 7.05 Å². The van der Waals surface area contributed by atoms with Crippen LogP contribution >= 0.6 is 11.8 Å². The van der Waals surface area contributed by atoms with Gasteiger partial charge >= 0.3 is 0 Å². The molecular formula is C10H16N4O2S. The van der Waals surface area contributed by atoms with Crippen molar-refractivity contribution in [2.45, 2.75) is 18.6 Å². The van der Waals surface area contributed by atoms with Crippen LogP contribution in [0.15, 0.2) is 6.20 Å². The van der Waals surface area contributed by atoms with Crippen molar-refractivity contribution in [1.29, 1.82) is 0 Å². The summed E-state index contributed by atoms with van der Waals surface area (Å²) in [6.07, 6.45) is 4.07. The Morgan fingerprint density at radius 2 is 2.06 bits per heavy atom. The average Bonchev–Trinajstić information content (AvgIpc) is 2.78. The first-order chi connectivity index (χ1) is 7.95. The zero-order valence-electron chi connectivity index (χ0n) is 10.4. The predicted octanol–water partition coefficient (Wildman–Crippen LogP) is 0.230. The van der Waals surface area contributed by atoms with E-state index in [4.69, 9.17) is 0 Å². The molecule has 6 nitrogen and oxygen atoms in total. The fraction of sp³-hybridized carbons (Fsp3) is 0.600. The predicted molar refractivity (Wildman–Crippen MR) is 65.4 cm³/mol. The van der Waals surface area contributed by atoms with Gasteiger partial charge in [0, 0.05) is 26.7 Å². The van der Waals surface area contributed by atoms with Gasteiger partial charge in [0.05, 0.1) is 10.9 Å². The molecule has 0 aromatic carbocycles. The third-order valence-electron chi connectivity index (χ3n) is 2.34. The largest absolute Gasteiger partial charge is 0.285 e. The number of carbonyl (C=O) groups is 2. The van der Waals surface area contributed by atoms with Crippen LogP contribution < -0.4 is 0 Å². The Labute approximate surface area is 104 Å². The Morgan fingerprint density at radius 3 is 2.24 bits per heavy atom. The van der Waals surface area contributed by atoms with Crippen molar-refractivity contribution in [3.63, 3.8) is 0 Å². The summed E-state index contributed by atoms with van der Waals surface area (Å²) in [5.41, 5.74) is 0.961. The summed E-state index contributed by atoms with van der Waals surface area (Å²) in [6, 6.07) is 0. The topological polar surface area (TPSA) is 68.1 Å². The highest BCUT2D eigenvalue weighted by atomic mass is 32.2. The van der Waals surface area contributed by atoms with Crippen LogP contribution in [0.4, 0.5) is 0 Å².